The van der Waals surface area contributed by atoms with E-state index in [-0.39, 0.29) is 24.5 Å². The lowest BCUT2D eigenvalue weighted by atomic mass is 9.95. The van der Waals surface area contributed by atoms with Gasteiger partial charge < -0.3 is 24.7 Å². The largest absolute Gasteiger partial charge is 0.464 e. The van der Waals surface area contributed by atoms with Gasteiger partial charge in [-0.3, -0.25) is 4.79 Å². The molecule has 0 aliphatic carbocycles. The van der Waals surface area contributed by atoms with Crippen LogP contribution < -0.4 is 0 Å². The molecule has 1 aromatic rings. The number of aromatic nitrogens is 1. The van der Waals surface area contributed by atoms with Crippen molar-refractivity contribution in [3.05, 3.63) is 22.5 Å². The molecular formula is C14H21NO6. The minimum atomic E-state index is -2.28. The van der Waals surface area contributed by atoms with Crippen molar-refractivity contribution in [2.75, 3.05) is 13.2 Å². The first-order chi connectivity index (χ1) is 9.83. The van der Waals surface area contributed by atoms with E-state index in [2.05, 4.69) is 4.98 Å². The molecule has 1 rings (SSSR count). The minimum absolute atomic E-state index is 0.0491. The third-order valence-corrected chi connectivity index (χ3v) is 3.20. The molecule has 1 heterocycles. The van der Waals surface area contributed by atoms with Gasteiger partial charge in [0.1, 0.15) is 0 Å². The van der Waals surface area contributed by atoms with Crippen molar-refractivity contribution >= 4 is 12.3 Å². The molecule has 0 amide bonds. The second kappa shape index (κ2) is 6.84. The van der Waals surface area contributed by atoms with Crippen LogP contribution in [0, 0.1) is 13.8 Å². The fourth-order valence-electron chi connectivity index (χ4n) is 2.32. The smallest absolute Gasteiger partial charge is 0.341 e. The summed E-state index contributed by atoms with van der Waals surface area (Å²) in [7, 11) is 0. The fourth-order valence-corrected chi connectivity index (χ4v) is 2.32. The average Bonchev–Trinajstić information content (AvgIpc) is 2.73. The van der Waals surface area contributed by atoms with Crippen LogP contribution in [0.5, 0.6) is 0 Å². The van der Waals surface area contributed by atoms with Crippen LogP contribution in [0.25, 0.3) is 0 Å². The van der Waals surface area contributed by atoms with E-state index in [1.807, 2.05) is 0 Å². The number of aliphatic hydroxyl groups excluding tert-OH is 1. The van der Waals surface area contributed by atoms with Crippen molar-refractivity contribution in [3.63, 3.8) is 0 Å². The normalized spacial score (nSPS) is 15.3. The number of hydrogen-bond donors (Lipinski definition) is 3. The van der Waals surface area contributed by atoms with Crippen LogP contribution in [-0.2, 0) is 20.1 Å². The van der Waals surface area contributed by atoms with Crippen molar-refractivity contribution in [3.8, 4) is 0 Å². The lowest BCUT2D eigenvalue weighted by Crippen LogP contribution is -2.48. The van der Waals surface area contributed by atoms with E-state index in [1.54, 1.807) is 27.7 Å². The van der Waals surface area contributed by atoms with E-state index in [0.29, 0.717) is 17.5 Å². The number of carbonyl (C=O) groups is 2. The third kappa shape index (κ3) is 3.15. The number of rotatable bonds is 7. The molecule has 3 N–H and O–H groups in total. The molecule has 7 nitrogen and oxygen atoms in total. The van der Waals surface area contributed by atoms with E-state index in [4.69, 9.17) is 9.47 Å². The van der Waals surface area contributed by atoms with Crippen molar-refractivity contribution in [2.45, 2.75) is 39.6 Å². The topological polar surface area (TPSA) is 109 Å². The fraction of sp³-hybridized carbons (Fsp3) is 0.571. The maximum Gasteiger partial charge on any atom is 0.341 e. The molecule has 2 atom stereocenters. The number of nitrogens with one attached hydrogen (secondary N) is 1. The number of aryl methyl sites for hydroxylation is 1. The Balaban J connectivity index is 3.37. The Bertz CT molecular complexity index is 524. The first kappa shape index (κ1) is 17.4. The van der Waals surface area contributed by atoms with Crippen molar-refractivity contribution in [1.29, 1.82) is 0 Å². The van der Waals surface area contributed by atoms with Crippen LogP contribution in [0.3, 0.4) is 0 Å². The van der Waals surface area contributed by atoms with Crippen molar-refractivity contribution in [2.24, 2.45) is 0 Å². The van der Waals surface area contributed by atoms with Gasteiger partial charge in [-0.2, -0.15) is 0 Å². The lowest BCUT2D eigenvalue weighted by molar-refractivity contribution is -0.265. The van der Waals surface area contributed by atoms with Gasteiger partial charge in [0.2, 0.25) is 11.9 Å². The Hall–Kier alpha value is -1.70. The molecule has 118 valence electrons. The number of esters is 1. The number of carbonyl (C=O) groups excluding carboxylic acids is 2. The molecule has 0 aliphatic heterocycles. The van der Waals surface area contributed by atoms with E-state index >= 15 is 0 Å². The van der Waals surface area contributed by atoms with Gasteiger partial charge in [0, 0.05) is 17.9 Å². The summed E-state index contributed by atoms with van der Waals surface area (Å²) in [6.07, 6.45) is -1.33. The Kier molecular flexibility index (Phi) is 5.65. The van der Waals surface area contributed by atoms with Gasteiger partial charge in [-0.1, -0.05) is 0 Å². The van der Waals surface area contributed by atoms with Crippen LogP contribution in [0.2, 0.25) is 0 Å². The van der Waals surface area contributed by atoms with E-state index in [0.717, 1.165) is 0 Å². The highest BCUT2D eigenvalue weighted by molar-refractivity contribution is 5.78. The molecule has 0 fully saturated rings. The summed E-state index contributed by atoms with van der Waals surface area (Å²) in [5.41, 5.74) is 1.24. The maximum atomic E-state index is 11.7. The lowest BCUT2D eigenvalue weighted by Gasteiger charge is -2.32. The molecule has 7 heteroatoms. The van der Waals surface area contributed by atoms with E-state index < -0.39 is 17.9 Å². The Labute approximate surface area is 122 Å². The van der Waals surface area contributed by atoms with Crippen molar-refractivity contribution < 1.29 is 29.3 Å². The second-order valence-corrected chi connectivity index (χ2v) is 4.57. The van der Waals surface area contributed by atoms with Crippen LogP contribution in [0.15, 0.2) is 0 Å². The average molecular weight is 299 g/mol. The Morgan fingerprint density at radius 1 is 1.38 bits per heavy atom. The molecule has 0 aromatic carbocycles. The van der Waals surface area contributed by atoms with Gasteiger partial charge >= 0.3 is 5.97 Å². The molecule has 0 bridgehead atoms. The van der Waals surface area contributed by atoms with Gasteiger partial charge in [0.05, 0.1) is 12.3 Å². The summed E-state index contributed by atoms with van der Waals surface area (Å²) in [4.78, 5) is 25.5. The molecule has 0 spiro atoms. The zero-order chi connectivity index (χ0) is 16.2. The highest BCUT2D eigenvalue weighted by Crippen LogP contribution is 2.34. The summed E-state index contributed by atoms with van der Waals surface area (Å²) in [5.74, 6) is -3.28. The van der Waals surface area contributed by atoms with Gasteiger partial charge in [0.25, 0.3) is 0 Å². The molecule has 0 saturated carbocycles. The van der Waals surface area contributed by atoms with Gasteiger partial charge in [-0.05, 0) is 33.3 Å². The Morgan fingerprint density at radius 3 is 2.43 bits per heavy atom. The summed E-state index contributed by atoms with van der Waals surface area (Å²) < 4.78 is 9.95. The number of aliphatic hydroxyl groups is 2. The predicted octanol–water partition coefficient (Wildman–Crippen LogP) is 0.550. The third-order valence-electron chi connectivity index (χ3n) is 3.20. The molecule has 0 radical (unpaired) electrons. The molecular weight excluding hydrogens is 278 g/mol. The first-order valence-electron chi connectivity index (χ1n) is 6.69. The summed E-state index contributed by atoms with van der Waals surface area (Å²) in [6, 6.07) is 0. The number of aldehydes is 1. The van der Waals surface area contributed by atoms with Gasteiger partial charge in [-0.15, -0.1) is 0 Å². The standard InChI is InChI=1S/C14H21NO6/c1-5-20-13(18)12(17)14(19,21-6-2)11-8(3)10(7-16)15-9(11)4/h7,12,15,17,19H,5-6H2,1-4H3. The van der Waals surface area contributed by atoms with Crippen LogP contribution in [0.1, 0.15) is 41.2 Å². The molecule has 2 unspecified atom stereocenters. The zero-order valence-corrected chi connectivity index (χ0v) is 12.6. The number of ether oxygens (including phenoxy) is 2. The second-order valence-electron chi connectivity index (χ2n) is 4.57. The van der Waals surface area contributed by atoms with Crippen LogP contribution in [-0.4, -0.2) is 46.8 Å². The van der Waals surface area contributed by atoms with Gasteiger partial charge in [-0.25, -0.2) is 4.79 Å². The highest BCUT2D eigenvalue weighted by Gasteiger charge is 2.47. The number of hydrogen-bond acceptors (Lipinski definition) is 6. The number of H-pyrrole nitrogens is 1. The molecule has 0 saturated heterocycles. The van der Waals surface area contributed by atoms with Gasteiger partial charge in [0.15, 0.2) is 6.29 Å². The van der Waals surface area contributed by atoms with Crippen LogP contribution in [0.4, 0.5) is 0 Å². The van der Waals surface area contributed by atoms with Crippen molar-refractivity contribution in [1.82, 2.24) is 4.98 Å². The SMILES string of the molecule is CCOC(=O)C(O)C(O)(OCC)c1c(C)[nH]c(C=O)c1C. The molecule has 0 aliphatic rings. The summed E-state index contributed by atoms with van der Waals surface area (Å²) in [6.45, 7) is 6.50. The minimum Gasteiger partial charge on any atom is -0.464 e. The number of aromatic amines is 1. The monoisotopic (exact) mass is 299 g/mol. The quantitative estimate of drug-likeness (QED) is 0.385. The highest BCUT2D eigenvalue weighted by atomic mass is 16.6. The summed E-state index contributed by atoms with van der Waals surface area (Å²) >= 11 is 0. The van der Waals surface area contributed by atoms with E-state index in [1.165, 1.54) is 0 Å². The summed E-state index contributed by atoms with van der Waals surface area (Å²) in [5, 5.41) is 20.8. The zero-order valence-electron chi connectivity index (χ0n) is 12.6. The van der Waals surface area contributed by atoms with Crippen LogP contribution >= 0.6 is 0 Å². The maximum absolute atomic E-state index is 11.7. The molecule has 21 heavy (non-hydrogen) atoms. The predicted molar refractivity (Wildman–Crippen MR) is 73.8 cm³/mol. The van der Waals surface area contributed by atoms with E-state index in [9.17, 15) is 19.8 Å². The Morgan fingerprint density at radius 2 is 2.00 bits per heavy atom. The molecule has 1 aromatic heterocycles. The first-order valence-corrected chi connectivity index (χ1v) is 6.69.